The Bertz CT molecular complexity index is 827. The molecular weight excluding hydrogens is 312 g/mol. The molecule has 0 radical (unpaired) electrons. The van der Waals surface area contributed by atoms with E-state index in [2.05, 4.69) is 9.97 Å². The lowest BCUT2D eigenvalue weighted by atomic mass is 10.3. The second-order valence-corrected chi connectivity index (χ2v) is 5.87. The van der Waals surface area contributed by atoms with Crippen LogP contribution in [0.3, 0.4) is 0 Å². The van der Waals surface area contributed by atoms with Crippen LogP contribution in [0.25, 0.3) is 16.9 Å². The molecule has 3 aromatic rings. The lowest BCUT2D eigenvalue weighted by Gasteiger charge is -2.11. The number of rotatable bonds is 2. The first-order valence-corrected chi connectivity index (χ1v) is 7.24. The summed E-state index contributed by atoms with van der Waals surface area (Å²) in [6, 6.07) is 7.99. The number of aryl methyl sites for hydroxylation is 1. The van der Waals surface area contributed by atoms with Crippen LogP contribution in [0.4, 0.5) is 4.39 Å². The van der Waals surface area contributed by atoms with Gasteiger partial charge < -0.3 is 0 Å². The van der Waals surface area contributed by atoms with Gasteiger partial charge in [-0.25, -0.2) is 14.4 Å². The fraction of sp³-hybridized carbons (Fsp3) is 0.200. The number of alkyl halides is 1. The van der Waals surface area contributed by atoms with Crippen LogP contribution in [0.15, 0.2) is 30.3 Å². The maximum Gasteiger partial charge on any atom is 0.165 e. The molecule has 1 unspecified atom stereocenters. The summed E-state index contributed by atoms with van der Waals surface area (Å²) < 4.78 is 15.1. The van der Waals surface area contributed by atoms with E-state index in [-0.39, 0.29) is 10.4 Å². The minimum absolute atomic E-state index is 0.288. The number of fused-ring (bicyclic) bond motifs is 1. The summed E-state index contributed by atoms with van der Waals surface area (Å²) in [5, 5.41) is -0.0446. The second-order valence-electron chi connectivity index (χ2n) is 4.81. The molecule has 0 N–H and O–H groups in total. The predicted octanol–water partition coefficient (Wildman–Crippen LogP) is 4.82. The zero-order chi connectivity index (χ0) is 15.1. The van der Waals surface area contributed by atoms with Crippen LogP contribution in [-0.4, -0.2) is 14.5 Å². The highest BCUT2D eigenvalue weighted by Crippen LogP contribution is 2.31. The summed E-state index contributed by atoms with van der Waals surface area (Å²) in [6.45, 7) is 3.72. The largest absolute Gasteiger partial charge is 0.278 e. The third-order valence-electron chi connectivity index (χ3n) is 3.18. The molecule has 0 aliphatic carbocycles. The molecule has 0 fully saturated rings. The summed E-state index contributed by atoms with van der Waals surface area (Å²) in [7, 11) is 0. The van der Waals surface area contributed by atoms with Gasteiger partial charge in [-0.05, 0) is 44.2 Å². The molecule has 3 rings (SSSR count). The van der Waals surface area contributed by atoms with E-state index in [9.17, 15) is 4.39 Å². The predicted molar refractivity (Wildman–Crippen MR) is 82.8 cm³/mol. The van der Waals surface area contributed by atoms with Crippen molar-refractivity contribution in [2.24, 2.45) is 0 Å². The molecule has 6 heteroatoms. The molecule has 2 heterocycles. The van der Waals surface area contributed by atoms with E-state index in [1.165, 1.54) is 12.1 Å². The summed E-state index contributed by atoms with van der Waals surface area (Å²) in [5.74, 6) is 0.232. The van der Waals surface area contributed by atoms with Crippen LogP contribution < -0.4 is 0 Å². The van der Waals surface area contributed by atoms with Crippen molar-refractivity contribution in [1.29, 1.82) is 0 Å². The topological polar surface area (TPSA) is 30.7 Å². The molecule has 2 aromatic heterocycles. The molecule has 108 valence electrons. The Morgan fingerprint density at radius 3 is 2.62 bits per heavy atom. The average Bonchev–Trinajstić information content (AvgIpc) is 2.77. The highest BCUT2D eigenvalue weighted by molar-refractivity contribution is 6.32. The first-order valence-electron chi connectivity index (χ1n) is 6.43. The molecule has 0 aliphatic rings. The molecular formula is C15H12Cl2FN3. The van der Waals surface area contributed by atoms with E-state index in [1.54, 1.807) is 10.6 Å². The third-order valence-corrected chi connectivity index (χ3v) is 3.67. The van der Waals surface area contributed by atoms with Crippen LogP contribution in [0.1, 0.15) is 23.8 Å². The van der Waals surface area contributed by atoms with E-state index >= 15 is 0 Å². The van der Waals surface area contributed by atoms with Gasteiger partial charge >= 0.3 is 0 Å². The smallest absolute Gasteiger partial charge is 0.165 e. The first-order chi connectivity index (χ1) is 9.97. The highest BCUT2D eigenvalue weighted by atomic mass is 35.5. The molecule has 0 bridgehead atoms. The van der Waals surface area contributed by atoms with Gasteiger partial charge in [0, 0.05) is 5.69 Å². The normalized spacial score (nSPS) is 12.8. The number of hydrogen-bond acceptors (Lipinski definition) is 2. The number of hydrogen-bond donors (Lipinski definition) is 0. The molecule has 0 saturated heterocycles. The summed E-state index contributed by atoms with van der Waals surface area (Å²) >= 11 is 12.4. The van der Waals surface area contributed by atoms with Crippen molar-refractivity contribution < 1.29 is 4.39 Å². The fourth-order valence-corrected chi connectivity index (χ4v) is 2.63. The first kappa shape index (κ1) is 14.3. The van der Waals surface area contributed by atoms with Crippen molar-refractivity contribution in [2.75, 3.05) is 0 Å². The van der Waals surface area contributed by atoms with Gasteiger partial charge in [-0.2, -0.15) is 0 Å². The molecule has 0 aliphatic heterocycles. The zero-order valence-corrected chi connectivity index (χ0v) is 13.0. The van der Waals surface area contributed by atoms with Crippen molar-refractivity contribution in [3.63, 3.8) is 0 Å². The summed E-state index contributed by atoms with van der Waals surface area (Å²) in [4.78, 5) is 9.02. The average molecular weight is 324 g/mol. The minimum Gasteiger partial charge on any atom is -0.278 e. The number of nitrogens with zero attached hydrogens (tertiary/aromatic N) is 3. The van der Waals surface area contributed by atoms with Gasteiger partial charge in [0.15, 0.2) is 5.65 Å². The third kappa shape index (κ3) is 2.49. The highest BCUT2D eigenvalue weighted by Gasteiger charge is 2.19. The van der Waals surface area contributed by atoms with Crippen LogP contribution in [0.5, 0.6) is 0 Å². The number of benzene rings is 1. The van der Waals surface area contributed by atoms with Crippen molar-refractivity contribution in [1.82, 2.24) is 14.5 Å². The Labute approximate surface area is 131 Å². The molecule has 21 heavy (non-hydrogen) atoms. The van der Waals surface area contributed by atoms with Gasteiger partial charge in [0.05, 0.1) is 16.1 Å². The second kappa shape index (κ2) is 5.28. The molecule has 0 saturated carbocycles. The van der Waals surface area contributed by atoms with Gasteiger partial charge in [0.1, 0.15) is 17.2 Å². The van der Waals surface area contributed by atoms with E-state index in [0.717, 1.165) is 11.2 Å². The van der Waals surface area contributed by atoms with Gasteiger partial charge in [-0.1, -0.05) is 11.6 Å². The Balaban J connectivity index is 2.38. The summed E-state index contributed by atoms with van der Waals surface area (Å²) in [5.41, 5.74) is 2.85. The minimum atomic E-state index is -0.391. The molecule has 3 nitrogen and oxygen atoms in total. The Morgan fingerprint density at radius 1 is 1.19 bits per heavy atom. The molecule has 0 amide bonds. The van der Waals surface area contributed by atoms with Crippen molar-refractivity contribution in [2.45, 2.75) is 19.2 Å². The van der Waals surface area contributed by atoms with Gasteiger partial charge in [0.25, 0.3) is 0 Å². The van der Waals surface area contributed by atoms with Crippen LogP contribution in [0, 0.1) is 12.7 Å². The van der Waals surface area contributed by atoms with Crippen molar-refractivity contribution >= 4 is 34.4 Å². The monoisotopic (exact) mass is 323 g/mol. The number of aromatic nitrogens is 3. The molecule has 0 spiro atoms. The number of halogens is 3. The SMILES string of the molecule is Cc1ccc2nc(C(C)Cl)n(-c3ccc(F)cc3Cl)c2n1. The lowest BCUT2D eigenvalue weighted by molar-refractivity contribution is 0.627. The Hall–Kier alpha value is -1.65. The maximum atomic E-state index is 13.3. The van der Waals surface area contributed by atoms with Gasteiger partial charge in [-0.15, -0.1) is 11.6 Å². The van der Waals surface area contributed by atoms with E-state index in [0.29, 0.717) is 17.2 Å². The van der Waals surface area contributed by atoms with Crippen LogP contribution in [0.2, 0.25) is 5.02 Å². The van der Waals surface area contributed by atoms with Crippen molar-refractivity contribution in [3.05, 3.63) is 52.7 Å². The van der Waals surface area contributed by atoms with E-state index in [4.69, 9.17) is 23.2 Å². The fourth-order valence-electron chi connectivity index (χ4n) is 2.24. The number of pyridine rings is 1. The maximum absolute atomic E-state index is 13.3. The molecule has 1 atom stereocenters. The van der Waals surface area contributed by atoms with E-state index < -0.39 is 5.82 Å². The standard InChI is InChI=1S/C15H12Cl2FN3/c1-8-3-5-12-15(19-8)21(14(20-12)9(2)16)13-6-4-10(18)7-11(13)17/h3-7,9H,1-2H3. The van der Waals surface area contributed by atoms with Crippen LogP contribution >= 0.6 is 23.2 Å². The Kier molecular flexibility index (Phi) is 3.59. The van der Waals surface area contributed by atoms with Gasteiger partial charge in [-0.3, -0.25) is 4.57 Å². The quantitative estimate of drug-likeness (QED) is 0.633. The molecule has 1 aromatic carbocycles. The van der Waals surface area contributed by atoms with Crippen molar-refractivity contribution in [3.8, 4) is 5.69 Å². The Morgan fingerprint density at radius 2 is 1.95 bits per heavy atom. The number of imidazole rings is 1. The van der Waals surface area contributed by atoms with Crippen LogP contribution in [-0.2, 0) is 0 Å². The van der Waals surface area contributed by atoms with E-state index in [1.807, 2.05) is 26.0 Å². The lowest BCUT2D eigenvalue weighted by Crippen LogP contribution is -2.04. The van der Waals surface area contributed by atoms with Gasteiger partial charge in [0.2, 0.25) is 0 Å². The summed E-state index contributed by atoms with van der Waals surface area (Å²) in [6.07, 6.45) is 0. The zero-order valence-electron chi connectivity index (χ0n) is 11.4.